The molecule has 0 radical (unpaired) electrons. The van der Waals surface area contributed by atoms with E-state index in [-0.39, 0.29) is 29.1 Å². The summed E-state index contributed by atoms with van der Waals surface area (Å²) in [5, 5.41) is -0.0285. The van der Waals surface area contributed by atoms with Gasteiger partial charge in [-0.3, -0.25) is 23.7 Å². The first-order valence-electron chi connectivity index (χ1n) is 12.6. The van der Waals surface area contributed by atoms with Gasteiger partial charge in [-0.2, -0.15) is 0 Å². The van der Waals surface area contributed by atoms with Crippen LogP contribution in [-0.2, 0) is 20.9 Å². The summed E-state index contributed by atoms with van der Waals surface area (Å²) >= 11 is 2.36. The minimum atomic E-state index is -0.670. The number of carbonyl (C=O) groups excluding carboxylic acids is 3. The number of aromatic nitrogens is 1. The lowest BCUT2D eigenvalue weighted by molar-refractivity contribution is -0.133. The largest absolute Gasteiger partial charge is 0.341 e. The molecule has 190 valence electrons. The fourth-order valence-electron chi connectivity index (χ4n) is 5.60. The highest BCUT2D eigenvalue weighted by Gasteiger charge is 2.56. The molecule has 0 bridgehead atoms. The molecule has 37 heavy (non-hydrogen) atoms. The van der Waals surface area contributed by atoms with Crippen molar-refractivity contribution in [1.82, 2.24) is 9.47 Å². The average molecular weight is 534 g/mol. The third-order valence-corrected chi connectivity index (χ3v) is 10.1. The number of nitrogens with zero attached hydrogens (tertiary/aromatic N) is 3. The lowest BCUT2D eigenvalue weighted by Crippen LogP contribution is -2.39. The second-order valence-corrected chi connectivity index (χ2v) is 12.0. The van der Waals surface area contributed by atoms with Gasteiger partial charge in [0, 0.05) is 23.9 Å². The first-order chi connectivity index (χ1) is 17.9. The molecule has 0 spiro atoms. The lowest BCUT2D eigenvalue weighted by Gasteiger charge is -2.31. The van der Waals surface area contributed by atoms with Crippen molar-refractivity contribution in [3.05, 3.63) is 80.3 Å². The number of hydrogen-bond donors (Lipinski definition) is 0. The van der Waals surface area contributed by atoms with E-state index in [1.165, 1.54) is 21.2 Å². The molecule has 3 aliphatic rings. The van der Waals surface area contributed by atoms with E-state index < -0.39 is 17.1 Å². The van der Waals surface area contributed by atoms with E-state index in [9.17, 15) is 19.2 Å². The Kier molecular flexibility index (Phi) is 6.28. The zero-order valence-electron chi connectivity index (χ0n) is 20.5. The maximum absolute atomic E-state index is 13.9. The molecule has 0 N–H and O–H groups in total. The van der Waals surface area contributed by atoms with Crippen molar-refractivity contribution in [2.75, 3.05) is 18.0 Å². The van der Waals surface area contributed by atoms with Crippen molar-refractivity contribution in [1.29, 1.82) is 0 Å². The normalized spacial score (nSPS) is 23.2. The van der Waals surface area contributed by atoms with Gasteiger partial charge in [0.15, 0.2) is 0 Å². The van der Waals surface area contributed by atoms with Crippen LogP contribution in [0.4, 0.5) is 5.69 Å². The van der Waals surface area contributed by atoms with E-state index in [1.54, 1.807) is 12.1 Å². The van der Waals surface area contributed by atoms with Crippen molar-refractivity contribution in [3.63, 3.8) is 0 Å². The van der Waals surface area contributed by atoms with Crippen LogP contribution in [0.15, 0.2) is 64.4 Å². The van der Waals surface area contributed by atoms with Crippen molar-refractivity contribution in [2.24, 2.45) is 5.92 Å². The second-order valence-electron chi connectivity index (χ2n) is 9.86. The number of imide groups is 1. The van der Waals surface area contributed by atoms with Gasteiger partial charge >= 0.3 is 4.87 Å². The van der Waals surface area contributed by atoms with Crippen LogP contribution in [0.1, 0.15) is 41.2 Å². The number of piperidine rings is 1. The third-order valence-electron chi connectivity index (χ3n) is 7.50. The molecule has 9 heteroatoms. The molecular formula is C28H27N3O4S2. The minimum absolute atomic E-state index is 0.0413. The summed E-state index contributed by atoms with van der Waals surface area (Å²) in [7, 11) is 0. The number of anilines is 1. The zero-order chi connectivity index (χ0) is 25.7. The predicted molar refractivity (Wildman–Crippen MR) is 144 cm³/mol. The van der Waals surface area contributed by atoms with Crippen molar-refractivity contribution < 1.29 is 14.4 Å². The number of thioether (sulfide) groups is 1. The monoisotopic (exact) mass is 533 g/mol. The van der Waals surface area contributed by atoms with E-state index >= 15 is 0 Å². The van der Waals surface area contributed by atoms with Crippen LogP contribution in [0, 0.1) is 12.8 Å². The highest BCUT2D eigenvalue weighted by atomic mass is 32.2. The quantitative estimate of drug-likeness (QED) is 0.473. The van der Waals surface area contributed by atoms with Crippen molar-refractivity contribution in [3.8, 4) is 0 Å². The average Bonchev–Trinajstić information content (AvgIpc) is 3.36. The van der Waals surface area contributed by atoms with Gasteiger partial charge in [-0.15, -0.1) is 0 Å². The number of likely N-dealkylation sites (tertiary alicyclic amines) is 1. The maximum atomic E-state index is 13.9. The van der Waals surface area contributed by atoms with Crippen LogP contribution in [0.3, 0.4) is 0 Å². The van der Waals surface area contributed by atoms with Gasteiger partial charge in [0.05, 0.1) is 16.6 Å². The van der Waals surface area contributed by atoms with Crippen LogP contribution in [0.2, 0.25) is 0 Å². The summed E-state index contributed by atoms with van der Waals surface area (Å²) in [6.45, 7) is 3.34. The van der Waals surface area contributed by atoms with Gasteiger partial charge in [0.25, 0.3) is 0 Å². The highest BCUT2D eigenvalue weighted by Crippen LogP contribution is 2.53. The number of aryl methyl sites for hydroxylation is 1. The van der Waals surface area contributed by atoms with Crippen molar-refractivity contribution >= 4 is 46.5 Å². The molecule has 2 unspecified atom stereocenters. The molecule has 2 aromatic carbocycles. The number of hydrogen-bond acceptors (Lipinski definition) is 6. The number of fused-ring (bicyclic) bond motifs is 2. The maximum Gasteiger partial charge on any atom is 0.308 e. The van der Waals surface area contributed by atoms with Crippen molar-refractivity contribution in [2.45, 2.75) is 48.9 Å². The van der Waals surface area contributed by atoms with E-state index in [1.807, 2.05) is 54.3 Å². The zero-order valence-corrected chi connectivity index (χ0v) is 22.1. The molecule has 4 heterocycles. The molecule has 6 rings (SSSR count). The van der Waals surface area contributed by atoms with Crippen LogP contribution < -0.4 is 9.77 Å². The van der Waals surface area contributed by atoms with Gasteiger partial charge in [-0.05, 0) is 43.9 Å². The van der Waals surface area contributed by atoms with Gasteiger partial charge in [-0.25, -0.2) is 4.90 Å². The number of carbonyl (C=O) groups is 3. The van der Waals surface area contributed by atoms with Crippen LogP contribution in [-0.4, -0.2) is 45.5 Å². The topological polar surface area (TPSA) is 79.7 Å². The molecule has 3 atom stereocenters. The standard InChI is InChI=1S/C28H27N3O4S2/c1-17-10-12-19(13-11-17)31-25(33)22-21(18-8-4-2-5-9-18)24-27(36-23(22)26(31)34)30(28(35)37-24)16-20(32)29-14-6-3-7-15-29/h2,4-5,8-13,21-23H,3,6-7,14-16H2,1H3/t21-,22?,23?/m1/s1. The van der Waals surface area contributed by atoms with Crippen LogP contribution in [0.25, 0.3) is 0 Å². The Labute approximate surface area is 223 Å². The van der Waals surface area contributed by atoms with Gasteiger partial charge in [0.1, 0.15) is 11.8 Å². The summed E-state index contributed by atoms with van der Waals surface area (Å²) in [5.41, 5.74) is 2.49. The van der Waals surface area contributed by atoms with E-state index in [0.29, 0.717) is 23.8 Å². The number of amides is 3. The van der Waals surface area contributed by atoms with Crippen LogP contribution >= 0.6 is 23.1 Å². The fraction of sp³-hybridized carbons (Fsp3) is 0.357. The molecule has 3 aromatic rings. The first kappa shape index (κ1) is 24.2. The Hall–Kier alpha value is -3.17. The van der Waals surface area contributed by atoms with Gasteiger partial charge < -0.3 is 4.90 Å². The van der Waals surface area contributed by atoms with Gasteiger partial charge in [-0.1, -0.05) is 71.1 Å². The number of benzene rings is 2. The predicted octanol–water partition coefficient (Wildman–Crippen LogP) is 4.03. The molecule has 2 fully saturated rings. The fourth-order valence-corrected chi connectivity index (χ4v) is 8.37. The molecular weight excluding hydrogens is 506 g/mol. The number of thiazole rings is 1. The van der Waals surface area contributed by atoms with Crippen LogP contribution in [0.5, 0.6) is 0 Å². The Bertz CT molecular complexity index is 1420. The molecule has 0 saturated carbocycles. The third kappa shape index (κ3) is 4.14. The Morgan fingerprint density at radius 1 is 0.919 bits per heavy atom. The SMILES string of the molecule is Cc1ccc(N2C(=O)C3Sc4c(sc(=O)n4CC(=O)N4CCCCC4)[C@H](c4ccccc4)C3C2=O)cc1. The Balaban J connectivity index is 1.42. The Morgan fingerprint density at radius 2 is 1.62 bits per heavy atom. The molecule has 7 nitrogen and oxygen atoms in total. The first-order valence-corrected chi connectivity index (χ1v) is 14.3. The molecule has 0 aliphatic carbocycles. The summed E-state index contributed by atoms with van der Waals surface area (Å²) in [6, 6.07) is 17.0. The van der Waals surface area contributed by atoms with E-state index in [4.69, 9.17) is 0 Å². The summed E-state index contributed by atoms with van der Waals surface area (Å²) < 4.78 is 1.53. The minimum Gasteiger partial charge on any atom is -0.341 e. The molecule has 1 aromatic heterocycles. The summed E-state index contributed by atoms with van der Waals surface area (Å²) in [5.74, 6) is -1.65. The summed E-state index contributed by atoms with van der Waals surface area (Å²) in [6.07, 6.45) is 3.06. The smallest absolute Gasteiger partial charge is 0.308 e. The summed E-state index contributed by atoms with van der Waals surface area (Å²) in [4.78, 5) is 57.6. The number of rotatable bonds is 4. The second kappa shape index (κ2) is 9.61. The lowest BCUT2D eigenvalue weighted by atomic mass is 9.83. The molecule has 3 amide bonds. The van der Waals surface area contributed by atoms with Gasteiger partial charge in [0.2, 0.25) is 17.7 Å². The molecule has 2 saturated heterocycles. The van der Waals surface area contributed by atoms with E-state index in [0.717, 1.165) is 46.6 Å². The molecule has 3 aliphatic heterocycles. The van der Waals surface area contributed by atoms with E-state index in [2.05, 4.69) is 0 Å². The highest BCUT2D eigenvalue weighted by molar-refractivity contribution is 8.00. The Morgan fingerprint density at radius 3 is 2.32 bits per heavy atom.